The number of fused-ring (bicyclic) bond motifs is 1. The molecule has 0 bridgehead atoms. The van der Waals surface area contributed by atoms with Crippen molar-refractivity contribution in [2.75, 3.05) is 0 Å². The summed E-state index contributed by atoms with van der Waals surface area (Å²) in [4.78, 5) is 15.7. The second-order valence-electron chi connectivity index (χ2n) is 11.6. The van der Waals surface area contributed by atoms with Crippen LogP contribution in [0.3, 0.4) is 0 Å². The smallest absolute Gasteiger partial charge is 0.116 e. The van der Waals surface area contributed by atoms with Crippen LogP contribution in [0.4, 0.5) is 0 Å². The topological polar surface area (TPSA) is 62.5 Å². The fourth-order valence-corrected chi connectivity index (χ4v) is 6.12. The molecular weight excluding hydrogens is 585 g/mol. The molecule has 8 rings (SSSR count). The van der Waals surface area contributed by atoms with E-state index in [0.717, 1.165) is 78.2 Å². The van der Waals surface area contributed by atoms with E-state index in [1.165, 1.54) is 0 Å². The molecule has 0 radical (unpaired) electrons. The number of pyridine rings is 1. The van der Waals surface area contributed by atoms with Crippen LogP contribution in [0.1, 0.15) is 5.56 Å². The maximum atomic E-state index is 9.13. The molecule has 0 atom stereocenters. The Labute approximate surface area is 279 Å². The Bertz CT molecular complexity index is 2410. The number of hydrogen-bond acceptors (Lipinski definition) is 4. The first-order valence-electron chi connectivity index (χ1n) is 15.8. The van der Waals surface area contributed by atoms with Crippen LogP contribution in [0.2, 0.25) is 0 Å². The van der Waals surface area contributed by atoms with Gasteiger partial charge in [-0.3, -0.25) is 4.98 Å². The van der Waals surface area contributed by atoms with E-state index in [1.54, 1.807) is 0 Å². The first kappa shape index (κ1) is 28.8. The highest BCUT2D eigenvalue weighted by Gasteiger charge is 2.21. The summed E-state index contributed by atoms with van der Waals surface area (Å²) in [5.74, 6) is 0. The molecule has 2 aromatic heterocycles. The van der Waals surface area contributed by atoms with E-state index in [-0.39, 0.29) is 0 Å². The Hall–Kier alpha value is -6.70. The summed E-state index contributed by atoms with van der Waals surface area (Å²) >= 11 is 0. The van der Waals surface area contributed by atoms with E-state index >= 15 is 0 Å². The molecule has 0 aliphatic rings. The number of nitriles is 1. The fraction of sp³-hybridized carbons (Fsp3) is 0. The second kappa shape index (κ2) is 12.6. The SMILES string of the molecule is N#Cc1ccc(-c2ccc(-c3ccc(-c4nc(-c5ccccc5)c(-c5ccccc5)nc4-c4nccc5ccccc45)cc3)cc2)cc1. The van der Waals surface area contributed by atoms with Crippen LogP contribution < -0.4 is 0 Å². The summed E-state index contributed by atoms with van der Waals surface area (Å²) in [6.45, 7) is 0. The van der Waals surface area contributed by atoms with Gasteiger partial charge < -0.3 is 0 Å². The van der Waals surface area contributed by atoms with Crippen LogP contribution in [0.5, 0.6) is 0 Å². The lowest BCUT2D eigenvalue weighted by Gasteiger charge is -2.16. The number of nitrogens with zero attached hydrogens (tertiary/aromatic N) is 4. The molecule has 0 saturated carbocycles. The van der Waals surface area contributed by atoms with Gasteiger partial charge in [0, 0.05) is 28.3 Å². The summed E-state index contributed by atoms with van der Waals surface area (Å²) in [6, 6.07) is 57.7. The molecule has 0 amide bonds. The number of benzene rings is 6. The predicted molar refractivity (Wildman–Crippen MR) is 195 cm³/mol. The quantitative estimate of drug-likeness (QED) is 0.187. The molecule has 2 heterocycles. The normalized spacial score (nSPS) is 10.9. The minimum atomic E-state index is 0.658. The third-order valence-corrected chi connectivity index (χ3v) is 8.61. The zero-order chi connectivity index (χ0) is 32.3. The maximum Gasteiger partial charge on any atom is 0.116 e. The molecule has 0 aliphatic carbocycles. The van der Waals surface area contributed by atoms with E-state index in [4.69, 9.17) is 20.2 Å². The Balaban J connectivity index is 1.26. The van der Waals surface area contributed by atoms with Gasteiger partial charge in [0.05, 0.1) is 34.4 Å². The summed E-state index contributed by atoms with van der Waals surface area (Å²) in [5.41, 5.74) is 12.0. The fourth-order valence-electron chi connectivity index (χ4n) is 6.12. The van der Waals surface area contributed by atoms with Gasteiger partial charge in [0.25, 0.3) is 0 Å². The Morgan fingerprint density at radius 1 is 0.354 bits per heavy atom. The van der Waals surface area contributed by atoms with Crippen molar-refractivity contribution >= 4 is 10.8 Å². The van der Waals surface area contributed by atoms with E-state index < -0.39 is 0 Å². The third kappa shape index (κ3) is 5.51. The molecule has 0 N–H and O–H groups in total. The average molecular weight is 613 g/mol. The Kier molecular flexibility index (Phi) is 7.54. The van der Waals surface area contributed by atoms with Gasteiger partial charge >= 0.3 is 0 Å². The Morgan fingerprint density at radius 2 is 0.771 bits per heavy atom. The maximum absolute atomic E-state index is 9.13. The molecule has 4 nitrogen and oxygen atoms in total. The van der Waals surface area contributed by atoms with Gasteiger partial charge in [0.1, 0.15) is 5.69 Å². The lowest BCUT2D eigenvalue weighted by molar-refractivity contribution is 1.19. The largest absolute Gasteiger partial charge is 0.254 e. The molecule has 0 saturated heterocycles. The van der Waals surface area contributed by atoms with E-state index in [9.17, 15) is 0 Å². The zero-order valence-electron chi connectivity index (χ0n) is 26.0. The standard InChI is InChI=1S/C44H28N4/c45-29-30-15-17-31(18-16-30)32-19-21-33(22-20-32)34-23-25-38(26-24-34)42-44(43-39-14-8-7-9-35(39)27-28-46-43)48-41(37-12-5-2-6-13-37)40(47-42)36-10-3-1-4-11-36/h1-28H. The lowest BCUT2D eigenvalue weighted by atomic mass is 9.97. The molecular formula is C44H28N4. The Morgan fingerprint density at radius 3 is 1.31 bits per heavy atom. The van der Waals surface area contributed by atoms with Crippen LogP contribution in [-0.4, -0.2) is 15.0 Å². The van der Waals surface area contributed by atoms with Crippen molar-refractivity contribution in [1.82, 2.24) is 15.0 Å². The minimum absolute atomic E-state index is 0.658. The first-order valence-corrected chi connectivity index (χ1v) is 15.8. The highest BCUT2D eigenvalue weighted by Crippen LogP contribution is 2.39. The van der Waals surface area contributed by atoms with Crippen LogP contribution in [0, 0.1) is 11.3 Å². The molecule has 8 aromatic rings. The van der Waals surface area contributed by atoms with Gasteiger partial charge in [-0.15, -0.1) is 0 Å². The average Bonchev–Trinajstić information content (AvgIpc) is 3.18. The predicted octanol–water partition coefficient (Wildman–Crippen LogP) is 10.9. The van der Waals surface area contributed by atoms with Gasteiger partial charge in [0.2, 0.25) is 0 Å². The molecule has 6 aromatic carbocycles. The van der Waals surface area contributed by atoms with E-state index in [2.05, 4.69) is 91.0 Å². The summed E-state index contributed by atoms with van der Waals surface area (Å²) in [5, 5.41) is 11.3. The summed E-state index contributed by atoms with van der Waals surface area (Å²) in [6.07, 6.45) is 1.85. The highest BCUT2D eigenvalue weighted by atomic mass is 14.9. The number of aromatic nitrogens is 3. The van der Waals surface area contributed by atoms with Crippen molar-refractivity contribution < 1.29 is 0 Å². The van der Waals surface area contributed by atoms with E-state index in [1.807, 2.05) is 85.1 Å². The molecule has 48 heavy (non-hydrogen) atoms. The molecule has 224 valence electrons. The highest BCUT2D eigenvalue weighted by molar-refractivity contribution is 5.98. The summed E-state index contributed by atoms with van der Waals surface area (Å²) < 4.78 is 0. The van der Waals surface area contributed by atoms with Crippen molar-refractivity contribution in [1.29, 1.82) is 5.26 Å². The number of hydrogen-bond donors (Lipinski definition) is 0. The zero-order valence-corrected chi connectivity index (χ0v) is 26.0. The second-order valence-corrected chi connectivity index (χ2v) is 11.6. The van der Waals surface area contributed by atoms with Crippen LogP contribution in [0.15, 0.2) is 170 Å². The first-order chi connectivity index (χ1) is 23.7. The summed E-state index contributed by atoms with van der Waals surface area (Å²) in [7, 11) is 0. The minimum Gasteiger partial charge on any atom is -0.254 e. The lowest BCUT2D eigenvalue weighted by Crippen LogP contribution is -2.02. The molecule has 0 spiro atoms. The van der Waals surface area contributed by atoms with E-state index in [0.29, 0.717) is 5.56 Å². The van der Waals surface area contributed by atoms with Crippen molar-refractivity contribution in [2.24, 2.45) is 0 Å². The van der Waals surface area contributed by atoms with Crippen LogP contribution >= 0.6 is 0 Å². The third-order valence-electron chi connectivity index (χ3n) is 8.61. The van der Waals surface area contributed by atoms with Gasteiger partial charge in [-0.1, -0.05) is 146 Å². The van der Waals surface area contributed by atoms with Crippen molar-refractivity contribution in [3.05, 3.63) is 176 Å². The van der Waals surface area contributed by atoms with Gasteiger partial charge in [-0.05, 0) is 45.8 Å². The van der Waals surface area contributed by atoms with Crippen molar-refractivity contribution in [3.8, 4) is 73.5 Å². The van der Waals surface area contributed by atoms with Crippen LogP contribution in [0.25, 0.3) is 78.2 Å². The molecule has 0 fully saturated rings. The van der Waals surface area contributed by atoms with Gasteiger partial charge in [-0.2, -0.15) is 5.26 Å². The van der Waals surface area contributed by atoms with Gasteiger partial charge in [0.15, 0.2) is 0 Å². The van der Waals surface area contributed by atoms with Crippen LogP contribution in [-0.2, 0) is 0 Å². The van der Waals surface area contributed by atoms with Crippen molar-refractivity contribution in [2.45, 2.75) is 0 Å². The van der Waals surface area contributed by atoms with Gasteiger partial charge in [-0.25, -0.2) is 9.97 Å². The monoisotopic (exact) mass is 612 g/mol. The molecule has 0 aliphatic heterocycles. The molecule has 4 heteroatoms. The van der Waals surface area contributed by atoms with Crippen molar-refractivity contribution in [3.63, 3.8) is 0 Å². The molecule has 0 unspecified atom stereocenters. The number of rotatable bonds is 6.